The molecule has 0 spiro atoms. The van der Waals surface area contributed by atoms with Crippen molar-refractivity contribution < 1.29 is 19.2 Å². The van der Waals surface area contributed by atoms with Crippen LogP contribution in [0.25, 0.3) is 0 Å². The summed E-state index contributed by atoms with van der Waals surface area (Å²) >= 11 is 3.30. The molecule has 1 heterocycles. The van der Waals surface area contributed by atoms with E-state index in [1.807, 2.05) is 6.92 Å². The number of imide groups is 1. The van der Waals surface area contributed by atoms with Crippen molar-refractivity contribution in [3.63, 3.8) is 0 Å². The summed E-state index contributed by atoms with van der Waals surface area (Å²) in [6, 6.07) is 10.3. The number of nitrogens with one attached hydrogen (secondary N) is 2. The molecule has 2 aliphatic rings. The third-order valence-corrected chi connectivity index (χ3v) is 5.67. The third kappa shape index (κ3) is 4.14. The van der Waals surface area contributed by atoms with Gasteiger partial charge in [0.25, 0.3) is 17.7 Å². The molecule has 0 bridgehead atoms. The minimum atomic E-state index is -0.404. The Morgan fingerprint density at radius 1 is 1.07 bits per heavy atom. The van der Waals surface area contributed by atoms with E-state index in [-0.39, 0.29) is 30.8 Å². The van der Waals surface area contributed by atoms with E-state index >= 15 is 0 Å². The maximum absolute atomic E-state index is 12.5. The van der Waals surface area contributed by atoms with Crippen molar-refractivity contribution in [1.82, 2.24) is 10.2 Å². The molecule has 7 nitrogen and oxygen atoms in total. The molecule has 1 aliphatic carbocycles. The smallest absolute Gasteiger partial charge is 0.261 e. The molecule has 2 aromatic rings. The first-order valence-electron chi connectivity index (χ1n) is 9.70. The summed E-state index contributed by atoms with van der Waals surface area (Å²) in [4.78, 5) is 50.8. The predicted molar refractivity (Wildman–Crippen MR) is 114 cm³/mol. The van der Waals surface area contributed by atoms with Gasteiger partial charge in [-0.25, -0.2) is 0 Å². The van der Waals surface area contributed by atoms with Gasteiger partial charge in [0.2, 0.25) is 5.91 Å². The average molecular weight is 470 g/mol. The monoisotopic (exact) mass is 469 g/mol. The maximum atomic E-state index is 12.5. The fourth-order valence-electron chi connectivity index (χ4n) is 3.29. The number of halogens is 1. The number of hydrogen-bond donors (Lipinski definition) is 2. The highest BCUT2D eigenvalue weighted by atomic mass is 79.9. The van der Waals surface area contributed by atoms with E-state index in [4.69, 9.17) is 0 Å². The zero-order valence-corrected chi connectivity index (χ0v) is 17.9. The SMILES string of the molecule is Cc1ccc(C(=O)NC2CC2)cc1NC(=O)CCN1C(=O)c2ccc(Br)cc2C1=O. The molecule has 1 aliphatic heterocycles. The third-order valence-electron chi connectivity index (χ3n) is 5.18. The first-order valence-corrected chi connectivity index (χ1v) is 10.5. The van der Waals surface area contributed by atoms with Gasteiger partial charge in [-0.05, 0) is 55.7 Å². The summed E-state index contributed by atoms with van der Waals surface area (Å²) in [5.74, 6) is -1.30. The second kappa shape index (κ2) is 8.02. The fourth-order valence-corrected chi connectivity index (χ4v) is 3.65. The first kappa shape index (κ1) is 20.3. The second-order valence-corrected chi connectivity index (χ2v) is 8.44. The molecule has 0 atom stereocenters. The molecule has 0 unspecified atom stereocenters. The van der Waals surface area contributed by atoms with Gasteiger partial charge in [-0.3, -0.25) is 24.1 Å². The van der Waals surface area contributed by atoms with Crippen LogP contribution in [-0.4, -0.2) is 41.1 Å². The van der Waals surface area contributed by atoms with Crippen molar-refractivity contribution in [3.05, 3.63) is 63.1 Å². The van der Waals surface area contributed by atoms with Gasteiger partial charge in [-0.15, -0.1) is 0 Å². The van der Waals surface area contributed by atoms with E-state index in [2.05, 4.69) is 26.6 Å². The molecular formula is C22H20BrN3O4. The highest BCUT2D eigenvalue weighted by Gasteiger charge is 2.35. The first-order chi connectivity index (χ1) is 14.3. The predicted octanol–water partition coefficient (Wildman–Crippen LogP) is 3.27. The van der Waals surface area contributed by atoms with E-state index in [1.165, 1.54) is 0 Å². The van der Waals surface area contributed by atoms with Crippen molar-refractivity contribution >= 4 is 45.2 Å². The maximum Gasteiger partial charge on any atom is 0.261 e. The van der Waals surface area contributed by atoms with E-state index in [0.717, 1.165) is 23.3 Å². The van der Waals surface area contributed by atoms with Gasteiger partial charge in [0.05, 0.1) is 11.1 Å². The molecule has 2 aromatic carbocycles. The molecule has 0 radical (unpaired) electrons. The Morgan fingerprint density at radius 2 is 1.80 bits per heavy atom. The Bertz CT molecular complexity index is 1080. The topological polar surface area (TPSA) is 95.6 Å². The Labute approximate surface area is 181 Å². The molecule has 30 heavy (non-hydrogen) atoms. The lowest BCUT2D eigenvalue weighted by Crippen LogP contribution is -2.33. The minimum Gasteiger partial charge on any atom is -0.349 e. The number of benzene rings is 2. The van der Waals surface area contributed by atoms with E-state index in [9.17, 15) is 19.2 Å². The van der Waals surface area contributed by atoms with Gasteiger partial charge in [-0.1, -0.05) is 22.0 Å². The van der Waals surface area contributed by atoms with Crippen molar-refractivity contribution in [2.75, 3.05) is 11.9 Å². The summed E-state index contributed by atoms with van der Waals surface area (Å²) in [6.07, 6.45) is 1.95. The van der Waals surface area contributed by atoms with Crippen LogP contribution in [0.15, 0.2) is 40.9 Å². The van der Waals surface area contributed by atoms with Gasteiger partial charge >= 0.3 is 0 Å². The van der Waals surface area contributed by atoms with Crippen molar-refractivity contribution in [2.24, 2.45) is 0 Å². The van der Waals surface area contributed by atoms with E-state index in [0.29, 0.717) is 26.9 Å². The number of aryl methyl sites for hydroxylation is 1. The van der Waals surface area contributed by atoms with Crippen LogP contribution in [0.2, 0.25) is 0 Å². The van der Waals surface area contributed by atoms with Gasteiger partial charge in [0.1, 0.15) is 0 Å². The average Bonchev–Trinajstić information content (AvgIpc) is 3.49. The highest BCUT2D eigenvalue weighted by molar-refractivity contribution is 9.10. The van der Waals surface area contributed by atoms with E-state index in [1.54, 1.807) is 36.4 Å². The number of anilines is 1. The Hall–Kier alpha value is -3.00. The van der Waals surface area contributed by atoms with Crippen LogP contribution in [0.3, 0.4) is 0 Å². The minimum absolute atomic E-state index is 0.0172. The molecule has 0 saturated heterocycles. The Balaban J connectivity index is 1.39. The fraction of sp³-hybridized carbons (Fsp3) is 0.273. The lowest BCUT2D eigenvalue weighted by atomic mass is 10.1. The van der Waals surface area contributed by atoms with Crippen molar-refractivity contribution in [1.29, 1.82) is 0 Å². The lowest BCUT2D eigenvalue weighted by molar-refractivity contribution is -0.116. The zero-order valence-electron chi connectivity index (χ0n) is 16.3. The van der Waals surface area contributed by atoms with Crippen LogP contribution in [-0.2, 0) is 4.79 Å². The Kier molecular flexibility index (Phi) is 5.42. The molecular weight excluding hydrogens is 450 g/mol. The number of fused-ring (bicyclic) bond motifs is 1. The van der Waals surface area contributed by atoms with Crippen LogP contribution in [0.4, 0.5) is 5.69 Å². The lowest BCUT2D eigenvalue weighted by Gasteiger charge is -2.14. The van der Waals surface area contributed by atoms with Crippen LogP contribution in [0.5, 0.6) is 0 Å². The van der Waals surface area contributed by atoms with Crippen LogP contribution < -0.4 is 10.6 Å². The molecule has 0 aromatic heterocycles. The molecule has 1 fully saturated rings. The van der Waals surface area contributed by atoms with Crippen molar-refractivity contribution in [3.8, 4) is 0 Å². The summed E-state index contributed by atoms with van der Waals surface area (Å²) in [5, 5.41) is 5.70. The standard InChI is InChI=1S/C22H20BrN3O4/c1-12-2-3-13(20(28)24-15-5-6-15)10-18(12)25-19(27)8-9-26-21(29)16-7-4-14(23)11-17(16)22(26)30/h2-4,7,10-11,15H,5-6,8-9H2,1H3,(H,24,28)(H,25,27). The van der Waals surface area contributed by atoms with Crippen LogP contribution in [0.1, 0.15) is 55.9 Å². The zero-order chi connectivity index (χ0) is 21.4. The largest absolute Gasteiger partial charge is 0.349 e. The summed E-state index contributed by atoms with van der Waals surface area (Å²) in [5.41, 5.74) is 2.51. The number of rotatable bonds is 6. The van der Waals surface area contributed by atoms with Crippen LogP contribution >= 0.6 is 15.9 Å². The van der Waals surface area contributed by atoms with Gasteiger partial charge < -0.3 is 10.6 Å². The molecule has 8 heteroatoms. The second-order valence-electron chi connectivity index (χ2n) is 7.53. The number of carbonyl (C=O) groups is 4. The number of nitrogens with zero attached hydrogens (tertiary/aromatic N) is 1. The molecule has 2 N–H and O–H groups in total. The van der Waals surface area contributed by atoms with Crippen molar-refractivity contribution in [2.45, 2.75) is 32.2 Å². The van der Waals surface area contributed by atoms with Crippen LogP contribution in [0, 0.1) is 6.92 Å². The molecule has 4 amide bonds. The molecule has 154 valence electrons. The Morgan fingerprint density at radius 3 is 2.53 bits per heavy atom. The van der Waals surface area contributed by atoms with Gasteiger partial charge in [-0.2, -0.15) is 0 Å². The summed E-state index contributed by atoms with van der Waals surface area (Å²) < 4.78 is 0.711. The highest BCUT2D eigenvalue weighted by Crippen LogP contribution is 2.26. The molecule has 1 saturated carbocycles. The number of amides is 4. The summed E-state index contributed by atoms with van der Waals surface area (Å²) in [6.45, 7) is 1.82. The van der Waals surface area contributed by atoms with Gasteiger partial charge in [0, 0.05) is 34.7 Å². The summed E-state index contributed by atoms with van der Waals surface area (Å²) in [7, 11) is 0. The normalized spacial score (nSPS) is 15.2. The van der Waals surface area contributed by atoms with Gasteiger partial charge in [0.15, 0.2) is 0 Å². The quantitative estimate of drug-likeness (QED) is 0.634. The number of hydrogen-bond acceptors (Lipinski definition) is 4. The molecule has 4 rings (SSSR count). The number of carbonyl (C=O) groups excluding carboxylic acids is 4. The van der Waals surface area contributed by atoms with E-state index < -0.39 is 11.8 Å².